The van der Waals surface area contributed by atoms with Crippen LogP contribution < -0.4 is 4.72 Å². The molecule has 1 N–H and O–H groups in total. The number of hydrogen-bond acceptors (Lipinski definition) is 3. The first-order chi connectivity index (χ1) is 9.63. The predicted octanol–water partition coefficient (Wildman–Crippen LogP) is 2.55. The van der Waals surface area contributed by atoms with Gasteiger partial charge in [0, 0.05) is 7.05 Å². The molecule has 0 atom stereocenters. The molecule has 0 bridgehead atoms. The zero-order valence-electron chi connectivity index (χ0n) is 11.1. The van der Waals surface area contributed by atoms with E-state index in [9.17, 15) is 21.6 Å². The van der Waals surface area contributed by atoms with Crippen LogP contribution >= 0.6 is 0 Å². The van der Waals surface area contributed by atoms with Gasteiger partial charge in [0.15, 0.2) is 0 Å². The minimum atomic E-state index is -4.65. The quantitative estimate of drug-likeness (QED) is 0.945. The molecule has 0 fully saturated rings. The molecule has 0 aliphatic carbocycles. The first-order valence-corrected chi connectivity index (χ1v) is 7.29. The van der Waals surface area contributed by atoms with E-state index in [1.807, 2.05) is 4.72 Å². The number of halogens is 3. The molecule has 0 amide bonds. The molecule has 0 saturated carbocycles. The van der Waals surface area contributed by atoms with Gasteiger partial charge in [-0.25, -0.2) is 8.42 Å². The molecular formula is C12H12F3N3O2S. The summed E-state index contributed by atoms with van der Waals surface area (Å²) < 4.78 is 66.2. The molecule has 0 spiro atoms. The van der Waals surface area contributed by atoms with Crippen molar-refractivity contribution < 1.29 is 21.6 Å². The molecule has 2 aromatic rings. The lowest BCUT2D eigenvalue weighted by atomic mass is 10.2. The summed E-state index contributed by atoms with van der Waals surface area (Å²) in [5, 5.41) is 3.77. The van der Waals surface area contributed by atoms with Crippen LogP contribution in [-0.2, 0) is 23.2 Å². The van der Waals surface area contributed by atoms with E-state index in [2.05, 4.69) is 5.10 Å². The Kier molecular flexibility index (Phi) is 3.70. The maximum atomic E-state index is 12.9. The van der Waals surface area contributed by atoms with E-state index in [0.717, 1.165) is 18.3 Å². The number of nitrogens with zero attached hydrogens (tertiary/aromatic N) is 2. The highest BCUT2D eigenvalue weighted by Gasteiger charge is 2.34. The summed E-state index contributed by atoms with van der Waals surface area (Å²) in [5.41, 5.74) is -1.24. The molecule has 114 valence electrons. The highest BCUT2D eigenvalue weighted by atomic mass is 32.2. The van der Waals surface area contributed by atoms with Crippen molar-refractivity contribution in [3.8, 4) is 0 Å². The zero-order valence-corrected chi connectivity index (χ0v) is 12.0. The Hall–Kier alpha value is -2.03. The Morgan fingerprint density at radius 2 is 1.86 bits per heavy atom. The highest BCUT2D eigenvalue weighted by Crippen LogP contribution is 2.35. The summed E-state index contributed by atoms with van der Waals surface area (Å²) in [6, 6.07) is 4.39. The first-order valence-electron chi connectivity index (χ1n) is 5.80. The lowest BCUT2D eigenvalue weighted by molar-refractivity contribution is -0.136. The number of hydrogen-bond donors (Lipinski definition) is 1. The van der Waals surface area contributed by atoms with Crippen LogP contribution in [0.3, 0.4) is 0 Å². The van der Waals surface area contributed by atoms with Gasteiger partial charge in [-0.05, 0) is 19.1 Å². The van der Waals surface area contributed by atoms with Crippen molar-refractivity contribution in [2.24, 2.45) is 7.05 Å². The van der Waals surface area contributed by atoms with Crippen LogP contribution in [0, 0.1) is 6.92 Å². The Labute approximate surface area is 119 Å². The molecule has 9 heteroatoms. The molecule has 0 aliphatic rings. The van der Waals surface area contributed by atoms with Crippen LogP contribution in [0.2, 0.25) is 0 Å². The first kappa shape index (κ1) is 15.4. The van der Waals surface area contributed by atoms with E-state index in [4.69, 9.17) is 0 Å². The summed E-state index contributed by atoms with van der Waals surface area (Å²) in [6.45, 7) is 1.51. The van der Waals surface area contributed by atoms with Gasteiger partial charge < -0.3 is 0 Å². The van der Waals surface area contributed by atoms with Gasteiger partial charge in [-0.3, -0.25) is 9.40 Å². The Morgan fingerprint density at radius 3 is 2.38 bits per heavy atom. The SMILES string of the molecule is Cc1c(S(=O)(=O)Nc2ccccc2C(F)(F)F)cnn1C. The maximum Gasteiger partial charge on any atom is 0.418 e. The largest absolute Gasteiger partial charge is 0.418 e. The van der Waals surface area contributed by atoms with Crippen molar-refractivity contribution in [1.29, 1.82) is 0 Å². The predicted molar refractivity (Wildman–Crippen MR) is 70.2 cm³/mol. The molecule has 5 nitrogen and oxygen atoms in total. The van der Waals surface area contributed by atoms with Crippen LogP contribution in [0.4, 0.5) is 18.9 Å². The normalized spacial score (nSPS) is 12.4. The van der Waals surface area contributed by atoms with Gasteiger partial charge in [-0.2, -0.15) is 18.3 Å². The smallest absolute Gasteiger partial charge is 0.279 e. The summed E-state index contributed by atoms with van der Waals surface area (Å²) in [4.78, 5) is -0.165. The average molecular weight is 319 g/mol. The molecular weight excluding hydrogens is 307 g/mol. The Bertz CT molecular complexity index is 766. The minimum Gasteiger partial charge on any atom is -0.279 e. The Balaban J connectivity index is 2.45. The third-order valence-corrected chi connectivity index (χ3v) is 4.42. The summed E-state index contributed by atoms with van der Waals surface area (Å²) >= 11 is 0. The van der Waals surface area contributed by atoms with Gasteiger partial charge in [-0.15, -0.1) is 0 Å². The van der Waals surface area contributed by atoms with Crippen molar-refractivity contribution in [3.63, 3.8) is 0 Å². The van der Waals surface area contributed by atoms with Crippen molar-refractivity contribution in [2.45, 2.75) is 18.0 Å². The molecule has 21 heavy (non-hydrogen) atoms. The number of benzene rings is 1. The number of rotatable bonds is 3. The van der Waals surface area contributed by atoms with E-state index < -0.39 is 27.5 Å². The van der Waals surface area contributed by atoms with Gasteiger partial charge in [0.1, 0.15) is 4.90 Å². The molecule has 0 unspecified atom stereocenters. The molecule has 1 aromatic heterocycles. The second-order valence-electron chi connectivity index (χ2n) is 4.37. The van der Waals surface area contributed by atoms with Gasteiger partial charge in [0.25, 0.3) is 10.0 Å². The fourth-order valence-corrected chi connectivity index (χ4v) is 3.05. The summed E-state index contributed by atoms with van der Waals surface area (Å²) in [5.74, 6) is 0. The van der Waals surface area contributed by atoms with E-state index in [-0.39, 0.29) is 4.90 Å². The second-order valence-corrected chi connectivity index (χ2v) is 6.02. The fourth-order valence-electron chi connectivity index (χ4n) is 1.76. The molecule has 0 radical (unpaired) electrons. The van der Waals surface area contributed by atoms with E-state index in [1.165, 1.54) is 30.8 Å². The number of anilines is 1. The highest BCUT2D eigenvalue weighted by molar-refractivity contribution is 7.92. The van der Waals surface area contributed by atoms with Gasteiger partial charge in [0.05, 0.1) is 23.1 Å². The second kappa shape index (κ2) is 5.06. The van der Waals surface area contributed by atoms with Crippen molar-refractivity contribution in [1.82, 2.24) is 9.78 Å². The number of nitrogens with one attached hydrogen (secondary N) is 1. The molecule has 2 rings (SSSR count). The summed E-state index contributed by atoms with van der Waals surface area (Å²) in [7, 11) is -2.60. The average Bonchev–Trinajstić information content (AvgIpc) is 2.69. The van der Waals surface area contributed by atoms with Crippen LogP contribution in [0.15, 0.2) is 35.4 Å². The van der Waals surface area contributed by atoms with Crippen molar-refractivity contribution in [2.75, 3.05) is 4.72 Å². The number of para-hydroxylation sites is 1. The zero-order chi connectivity index (χ0) is 15.8. The number of sulfonamides is 1. The number of aromatic nitrogens is 2. The molecule has 0 aliphatic heterocycles. The third kappa shape index (κ3) is 3.02. The lowest BCUT2D eigenvalue weighted by Gasteiger charge is -2.14. The molecule has 1 heterocycles. The van der Waals surface area contributed by atoms with Crippen LogP contribution in [0.1, 0.15) is 11.3 Å². The monoisotopic (exact) mass is 319 g/mol. The minimum absolute atomic E-state index is 0.165. The standard InChI is InChI=1S/C12H12F3N3O2S/c1-8-11(7-16-18(8)2)21(19,20)17-10-6-4-3-5-9(10)12(13,14)15/h3-7,17H,1-2H3. The van der Waals surface area contributed by atoms with Crippen LogP contribution in [0.5, 0.6) is 0 Å². The van der Waals surface area contributed by atoms with E-state index in [1.54, 1.807) is 0 Å². The van der Waals surface area contributed by atoms with Crippen molar-refractivity contribution >= 4 is 15.7 Å². The molecule has 1 aromatic carbocycles. The Morgan fingerprint density at radius 1 is 1.24 bits per heavy atom. The van der Waals surface area contributed by atoms with Gasteiger partial charge >= 0.3 is 6.18 Å². The van der Waals surface area contributed by atoms with Crippen molar-refractivity contribution in [3.05, 3.63) is 41.7 Å². The van der Waals surface area contributed by atoms with Crippen LogP contribution in [-0.4, -0.2) is 18.2 Å². The fraction of sp³-hybridized carbons (Fsp3) is 0.250. The number of alkyl halides is 3. The summed E-state index contributed by atoms with van der Waals surface area (Å²) in [6.07, 6.45) is -3.56. The topological polar surface area (TPSA) is 64.0 Å². The lowest BCUT2D eigenvalue weighted by Crippen LogP contribution is -2.17. The van der Waals surface area contributed by atoms with Gasteiger partial charge in [-0.1, -0.05) is 12.1 Å². The van der Waals surface area contributed by atoms with Gasteiger partial charge in [0.2, 0.25) is 0 Å². The van der Waals surface area contributed by atoms with Crippen LogP contribution in [0.25, 0.3) is 0 Å². The maximum absolute atomic E-state index is 12.9. The molecule has 0 saturated heterocycles. The van der Waals surface area contributed by atoms with E-state index in [0.29, 0.717) is 5.69 Å². The third-order valence-electron chi connectivity index (χ3n) is 2.96. The number of aryl methyl sites for hydroxylation is 1. The van der Waals surface area contributed by atoms with E-state index >= 15 is 0 Å².